The smallest absolute Gasteiger partial charge is 0.317 e. The average molecular weight is 301 g/mol. The quantitative estimate of drug-likeness (QED) is 0.890. The number of rotatable bonds is 3. The van der Waals surface area contributed by atoms with Gasteiger partial charge in [-0.2, -0.15) is 0 Å². The lowest BCUT2D eigenvalue weighted by Crippen LogP contribution is -2.41. The number of hydrogen-bond acceptors (Lipinski definition) is 2. The van der Waals surface area contributed by atoms with Gasteiger partial charge in [0.1, 0.15) is 0 Å². The molecule has 118 valence electrons. The summed E-state index contributed by atoms with van der Waals surface area (Å²) in [5, 5.41) is 3.03. The SMILES string of the molecule is NC(=O)[C@H]1CCN(C(=O)NC[C@@H]2CCCc3ccccc32)C1. The summed E-state index contributed by atoms with van der Waals surface area (Å²) in [5.41, 5.74) is 8.08. The fraction of sp³-hybridized carbons (Fsp3) is 0.529. The largest absolute Gasteiger partial charge is 0.369 e. The van der Waals surface area contributed by atoms with E-state index in [-0.39, 0.29) is 17.9 Å². The van der Waals surface area contributed by atoms with E-state index >= 15 is 0 Å². The first-order valence-corrected chi connectivity index (χ1v) is 8.05. The molecule has 22 heavy (non-hydrogen) atoms. The van der Waals surface area contributed by atoms with Gasteiger partial charge in [0.2, 0.25) is 5.91 Å². The minimum atomic E-state index is -0.309. The molecule has 5 heteroatoms. The van der Waals surface area contributed by atoms with Crippen molar-refractivity contribution in [2.24, 2.45) is 11.7 Å². The van der Waals surface area contributed by atoms with Gasteiger partial charge in [0.05, 0.1) is 5.92 Å². The van der Waals surface area contributed by atoms with Gasteiger partial charge in [-0.1, -0.05) is 24.3 Å². The van der Waals surface area contributed by atoms with Gasteiger partial charge in [-0.15, -0.1) is 0 Å². The molecule has 1 saturated heterocycles. The number of urea groups is 1. The standard InChI is InChI=1S/C17H23N3O2/c18-16(21)14-8-9-20(11-14)17(22)19-10-13-6-3-5-12-4-1-2-7-15(12)13/h1-2,4,7,13-14H,3,5-6,8-11H2,(H2,18,21)(H,19,22)/t13-,14-/m0/s1. The molecule has 1 aliphatic carbocycles. The first-order valence-electron chi connectivity index (χ1n) is 8.05. The molecule has 1 aromatic rings. The van der Waals surface area contributed by atoms with Gasteiger partial charge in [0.15, 0.2) is 0 Å². The number of amides is 3. The van der Waals surface area contributed by atoms with Crippen LogP contribution >= 0.6 is 0 Å². The van der Waals surface area contributed by atoms with Crippen molar-refractivity contribution in [1.82, 2.24) is 10.2 Å². The Balaban J connectivity index is 1.55. The predicted octanol–water partition coefficient (Wildman–Crippen LogP) is 1.62. The van der Waals surface area contributed by atoms with Crippen molar-refractivity contribution in [1.29, 1.82) is 0 Å². The Morgan fingerprint density at radius 2 is 2.09 bits per heavy atom. The molecule has 0 radical (unpaired) electrons. The van der Waals surface area contributed by atoms with Crippen molar-refractivity contribution in [3.05, 3.63) is 35.4 Å². The normalized spacial score (nSPS) is 23.9. The molecule has 2 aliphatic rings. The Labute approximate surface area is 130 Å². The van der Waals surface area contributed by atoms with Gasteiger partial charge in [-0.3, -0.25) is 4.79 Å². The van der Waals surface area contributed by atoms with Crippen molar-refractivity contribution in [3.8, 4) is 0 Å². The zero-order valence-corrected chi connectivity index (χ0v) is 12.8. The van der Waals surface area contributed by atoms with E-state index in [1.165, 1.54) is 17.5 Å². The van der Waals surface area contributed by atoms with E-state index < -0.39 is 0 Å². The third-order valence-corrected chi connectivity index (χ3v) is 4.87. The second kappa shape index (κ2) is 6.38. The molecule has 0 unspecified atom stereocenters. The molecular formula is C17H23N3O2. The van der Waals surface area contributed by atoms with Crippen LogP contribution in [0, 0.1) is 5.92 Å². The lowest BCUT2D eigenvalue weighted by Gasteiger charge is -2.26. The number of carbonyl (C=O) groups is 2. The maximum atomic E-state index is 12.2. The molecule has 2 atom stereocenters. The summed E-state index contributed by atoms with van der Waals surface area (Å²) in [4.78, 5) is 25.1. The molecule has 1 aromatic carbocycles. The number of carbonyl (C=O) groups excluding carboxylic acids is 2. The van der Waals surface area contributed by atoms with E-state index in [0.717, 1.165) is 12.8 Å². The number of nitrogens with one attached hydrogen (secondary N) is 1. The number of hydrogen-bond donors (Lipinski definition) is 2. The first-order chi connectivity index (χ1) is 10.6. The Kier molecular flexibility index (Phi) is 4.32. The number of nitrogens with zero attached hydrogens (tertiary/aromatic N) is 1. The van der Waals surface area contributed by atoms with E-state index in [2.05, 4.69) is 29.6 Å². The summed E-state index contributed by atoms with van der Waals surface area (Å²) < 4.78 is 0. The van der Waals surface area contributed by atoms with Crippen LogP contribution in [0.25, 0.3) is 0 Å². The van der Waals surface area contributed by atoms with Crippen molar-refractivity contribution in [2.75, 3.05) is 19.6 Å². The highest BCUT2D eigenvalue weighted by molar-refractivity contribution is 5.80. The van der Waals surface area contributed by atoms with E-state index in [1.807, 2.05) is 0 Å². The Bertz CT molecular complexity index is 573. The summed E-state index contributed by atoms with van der Waals surface area (Å²) in [5.74, 6) is -0.110. The van der Waals surface area contributed by atoms with Crippen LogP contribution in [0.4, 0.5) is 4.79 Å². The summed E-state index contributed by atoms with van der Waals surface area (Å²) in [6.07, 6.45) is 4.09. The molecule has 3 N–H and O–H groups in total. The van der Waals surface area contributed by atoms with Crippen molar-refractivity contribution in [3.63, 3.8) is 0 Å². The maximum Gasteiger partial charge on any atom is 0.317 e. The van der Waals surface area contributed by atoms with Crippen molar-refractivity contribution >= 4 is 11.9 Å². The molecule has 0 spiro atoms. The summed E-state index contributed by atoms with van der Waals surface area (Å²) >= 11 is 0. The van der Waals surface area contributed by atoms with Gasteiger partial charge in [0, 0.05) is 25.6 Å². The predicted molar refractivity (Wildman–Crippen MR) is 84.4 cm³/mol. The Morgan fingerprint density at radius 1 is 1.27 bits per heavy atom. The summed E-state index contributed by atoms with van der Waals surface area (Å²) in [7, 11) is 0. The van der Waals surface area contributed by atoms with Gasteiger partial charge in [0.25, 0.3) is 0 Å². The average Bonchev–Trinajstić information content (AvgIpc) is 3.03. The molecule has 1 heterocycles. The maximum absolute atomic E-state index is 12.2. The number of nitrogens with two attached hydrogens (primary N) is 1. The molecular weight excluding hydrogens is 278 g/mol. The number of primary amides is 1. The van der Waals surface area contributed by atoms with Crippen molar-refractivity contribution in [2.45, 2.75) is 31.6 Å². The van der Waals surface area contributed by atoms with Crippen LogP contribution in [0.1, 0.15) is 36.3 Å². The number of likely N-dealkylation sites (tertiary alicyclic amines) is 1. The second-order valence-corrected chi connectivity index (χ2v) is 6.31. The van der Waals surface area contributed by atoms with Crippen LogP contribution in [-0.4, -0.2) is 36.5 Å². The van der Waals surface area contributed by atoms with Crippen LogP contribution in [0.15, 0.2) is 24.3 Å². The number of fused-ring (bicyclic) bond motifs is 1. The monoisotopic (exact) mass is 301 g/mol. The fourth-order valence-electron chi connectivity index (χ4n) is 3.57. The molecule has 1 aliphatic heterocycles. The molecule has 5 nitrogen and oxygen atoms in total. The lowest BCUT2D eigenvalue weighted by atomic mass is 9.83. The molecule has 0 bridgehead atoms. The summed E-state index contributed by atoms with van der Waals surface area (Å²) in [6.45, 7) is 1.72. The highest BCUT2D eigenvalue weighted by Gasteiger charge is 2.30. The highest BCUT2D eigenvalue weighted by Crippen LogP contribution is 2.30. The van der Waals surface area contributed by atoms with Crippen LogP contribution in [0.5, 0.6) is 0 Å². The van der Waals surface area contributed by atoms with Crippen molar-refractivity contribution < 1.29 is 9.59 Å². The zero-order valence-electron chi connectivity index (χ0n) is 12.8. The van der Waals surface area contributed by atoms with Crippen LogP contribution in [0.3, 0.4) is 0 Å². The zero-order chi connectivity index (χ0) is 15.5. The highest BCUT2D eigenvalue weighted by atomic mass is 16.2. The third kappa shape index (κ3) is 3.08. The minimum Gasteiger partial charge on any atom is -0.369 e. The first kappa shape index (κ1) is 14.9. The summed E-state index contributed by atoms with van der Waals surface area (Å²) in [6, 6.07) is 8.42. The van der Waals surface area contributed by atoms with E-state index in [9.17, 15) is 9.59 Å². The molecule has 3 amide bonds. The number of benzene rings is 1. The third-order valence-electron chi connectivity index (χ3n) is 4.87. The Hall–Kier alpha value is -2.04. The number of aryl methyl sites for hydroxylation is 1. The molecule has 3 rings (SSSR count). The van der Waals surface area contributed by atoms with E-state index in [4.69, 9.17) is 5.73 Å². The van der Waals surface area contributed by atoms with Gasteiger partial charge < -0.3 is 16.0 Å². The van der Waals surface area contributed by atoms with Crippen LogP contribution in [0.2, 0.25) is 0 Å². The van der Waals surface area contributed by atoms with Gasteiger partial charge in [-0.25, -0.2) is 4.79 Å². The lowest BCUT2D eigenvalue weighted by molar-refractivity contribution is -0.121. The topological polar surface area (TPSA) is 75.4 Å². The minimum absolute atomic E-state index is 0.0770. The van der Waals surface area contributed by atoms with Gasteiger partial charge >= 0.3 is 6.03 Å². The molecule has 0 aromatic heterocycles. The molecule has 1 fully saturated rings. The second-order valence-electron chi connectivity index (χ2n) is 6.31. The van der Waals surface area contributed by atoms with E-state index in [0.29, 0.717) is 32.0 Å². The van der Waals surface area contributed by atoms with E-state index in [1.54, 1.807) is 4.90 Å². The Morgan fingerprint density at radius 3 is 2.86 bits per heavy atom. The van der Waals surface area contributed by atoms with Crippen LogP contribution in [-0.2, 0) is 11.2 Å². The fourth-order valence-corrected chi connectivity index (χ4v) is 3.57. The van der Waals surface area contributed by atoms with Gasteiger partial charge in [-0.05, 0) is 36.8 Å². The molecule has 0 saturated carbocycles. The van der Waals surface area contributed by atoms with Crippen LogP contribution < -0.4 is 11.1 Å².